The minimum absolute atomic E-state index is 0.338. The third kappa shape index (κ3) is 5.73. The second-order valence-electron chi connectivity index (χ2n) is 2.74. The van der Waals surface area contributed by atoms with Crippen molar-refractivity contribution in [2.24, 2.45) is 5.73 Å². The van der Waals surface area contributed by atoms with Gasteiger partial charge in [0.1, 0.15) is 0 Å². The third-order valence-corrected chi connectivity index (χ3v) is 3.45. The lowest BCUT2D eigenvalue weighted by Gasteiger charge is -2.28. The van der Waals surface area contributed by atoms with Crippen LogP contribution in [0.25, 0.3) is 0 Å². The molecule has 0 aliphatic heterocycles. The van der Waals surface area contributed by atoms with Crippen LogP contribution in [0.5, 0.6) is 0 Å². The molecule has 0 aromatic heterocycles. The monoisotopic (exact) mass is 234 g/mol. The fraction of sp³-hybridized carbons (Fsp3) is 0.875. The van der Waals surface area contributed by atoms with Crippen LogP contribution in [-0.2, 0) is 14.2 Å². The zero-order valence-corrected chi connectivity index (χ0v) is 10.3. The molecule has 7 heteroatoms. The van der Waals surface area contributed by atoms with Gasteiger partial charge in [0.15, 0.2) is 9.52 Å². The van der Waals surface area contributed by atoms with Crippen LogP contribution in [0.2, 0.25) is 6.04 Å². The van der Waals surface area contributed by atoms with Crippen molar-refractivity contribution >= 4 is 15.6 Å². The molecule has 0 fully saturated rings. The highest BCUT2D eigenvalue weighted by Crippen LogP contribution is 2.12. The van der Waals surface area contributed by atoms with E-state index in [2.05, 4.69) is 5.32 Å². The largest absolute Gasteiger partial charge is 0.352 e. The molecular weight excluding hydrogens is 216 g/mol. The van der Waals surface area contributed by atoms with Crippen LogP contribution in [0.4, 0.5) is 4.79 Å². The Bertz CT molecular complexity index is 179. The molecule has 0 saturated heterocycles. The molecule has 3 N–H and O–H groups in total. The molecule has 2 amide bonds. The Labute approximate surface area is 92.3 Å². The van der Waals surface area contributed by atoms with Crippen LogP contribution in [0, 0.1) is 0 Å². The summed E-state index contributed by atoms with van der Waals surface area (Å²) in [5, 5.41) is 2.51. The Balaban J connectivity index is 3.67. The quantitative estimate of drug-likeness (QED) is 0.344. The molecule has 0 aromatic carbocycles. The smallest absolute Gasteiger partial charge is 0.312 e. The summed E-state index contributed by atoms with van der Waals surface area (Å²) in [5.74, 6) is 0. The van der Waals surface area contributed by atoms with E-state index in [1.807, 2.05) is 0 Å². The maximum Gasteiger partial charge on any atom is 0.312 e. The molecule has 0 bridgehead atoms. The zero-order chi connectivity index (χ0) is 11.7. The molecule has 0 rings (SSSR count). The number of nitrogens with one attached hydrogen (secondary N) is 1. The first-order chi connectivity index (χ1) is 7.10. The second kappa shape index (κ2) is 7.63. The lowest BCUT2D eigenvalue weighted by molar-refractivity contribution is -0.294. The fourth-order valence-corrected chi connectivity index (χ4v) is 2.10. The van der Waals surface area contributed by atoms with Crippen LogP contribution in [0.3, 0.4) is 0 Å². The molecule has 0 saturated carbocycles. The number of carbonyl (C=O) groups excluding carboxylic acids is 1. The van der Waals surface area contributed by atoms with Gasteiger partial charge in [-0.05, 0) is 6.42 Å². The molecule has 0 unspecified atom stereocenters. The number of ether oxygens (including phenoxy) is 3. The van der Waals surface area contributed by atoms with Crippen LogP contribution < -0.4 is 11.1 Å². The Kier molecular flexibility index (Phi) is 7.31. The van der Waals surface area contributed by atoms with E-state index in [0.717, 1.165) is 12.5 Å². The molecule has 2 radical (unpaired) electrons. The van der Waals surface area contributed by atoms with E-state index in [4.69, 9.17) is 19.9 Å². The van der Waals surface area contributed by atoms with Crippen LogP contribution in [0.1, 0.15) is 6.42 Å². The maximum atomic E-state index is 10.4. The van der Waals surface area contributed by atoms with Gasteiger partial charge in [0.2, 0.25) is 0 Å². The molecule has 6 nitrogen and oxygen atoms in total. The zero-order valence-electron chi connectivity index (χ0n) is 9.33. The van der Waals surface area contributed by atoms with E-state index in [1.165, 1.54) is 21.3 Å². The summed E-state index contributed by atoms with van der Waals surface area (Å²) in [6.07, 6.45) is 0.805. The summed E-state index contributed by atoms with van der Waals surface area (Å²) in [6, 6.07) is 0.324. The molecule has 0 aliphatic rings. The number of rotatable bonds is 8. The average Bonchev–Trinajstić information content (AvgIpc) is 2.24. The normalized spacial score (nSPS) is 11.4. The lowest BCUT2D eigenvalue weighted by atomic mass is 10.5. The summed E-state index contributed by atoms with van der Waals surface area (Å²) in [5.41, 5.74) is 3.97. The molecule has 0 spiro atoms. The van der Waals surface area contributed by atoms with Gasteiger partial charge < -0.3 is 25.3 Å². The SMILES string of the molecule is COC(OC)(OC)[Si]CCCNC(N)=O. The number of nitrogens with two attached hydrogens (primary N) is 1. The highest BCUT2D eigenvalue weighted by Gasteiger charge is 2.29. The fourth-order valence-electron chi connectivity index (χ4n) is 1.01. The van der Waals surface area contributed by atoms with Crippen molar-refractivity contribution in [1.29, 1.82) is 0 Å². The van der Waals surface area contributed by atoms with E-state index in [0.29, 0.717) is 16.1 Å². The molecule has 0 atom stereocenters. The maximum absolute atomic E-state index is 10.4. The van der Waals surface area contributed by atoms with Crippen molar-refractivity contribution in [1.82, 2.24) is 5.32 Å². The van der Waals surface area contributed by atoms with Crippen molar-refractivity contribution in [3.05, 3.63) is 0 Å². The van der Waals surface area contributed by atoms with Gasteiger partial charge in [-0.25, -0.2) is 4.79 Å². The minimum Gasteiger partial charge on any atom is -0.352 e. The first kappa shape index (κ1) is 14.4. The van der Waals surface area contributed by atoms with Crippen LogP contribution in [0.15, 0.2) is 0 Å². The molecule has 0 heterocycles. The van der Waals surface area contributed by atoms with Crippen molar-refractivity contribution in [3.8, 4) is 0 Å². The van der Waals surface area contributed by atoms with Crippen LogP contribution >= 0.6 is 0 Å². The van der Waals surface area contributed by atoms with E-state index in [1.54, 1.807) is 0 Å². The predicted octanol–water partition coefficient (Wildman–Crippen LogP) is -0.282. The Hall–Kier alpha value is -0.633. The number of primary amides is 1. The Morgan fingerprint density at radius 3 is 2.27 bits per heavy atom. The Morgan fingerprint density at radius 2 is 1.87 bits per heavy atom. The predicted molar refractivity (Wildman–Crippen MR) is 56.5 cm³/mol. The Morgan fingerprint density at radius 1 is 1.33 bits per heavy atom. The van der Waals surface area contributed by atoms with Gasteiger partial charge in [-0.1, -0.05) is 6.04 Å². The van der Waals surface area contributed by atoms with Gasteiger partial charge >= 0.3 is 6.03 Å². The van der Waals surface area contributed by atoms with E-state index in [-0.39, 0.29) is 0 Å². The van der Waals surface area contributed by atoms with E-state index in [9.17, 15) is 4.79 Å². The first-order valence-corrected chi connectivity index (χ1v) is 5.74. The molecule has 15 heavy (non-hydrogen) atoms. The van der Waals surface area contributed by atoms with Gasteiger partial charge in [-0.2, -0.15) is 0 Å². The number of urea groups is 1. The summed E-state index contributed by atoms with van der Waals surface area (Å²) in [7, 11) is 4.93. The molecule has 0 aromatic rings. The molecular formula is C8H18N2O4Si. The van der Waals surface area contributed by atoms with Crippen molar-refractivity contribution < 1.29 is 19.0 Å². The summed E-state index contributed by atoms with van der Waals surface area (Å²) in [4.78, 5) is 10.4. The highest BCUT2D eigenvalue weighted by atomic mass is 28.2. The van der Waals surface area contributed by atoms with Gasteiger partial charge in [0.05, 0.1) is 0 Å². The van der Waals surface area contributed by atoms with Gasteiger partial charge in [0, 0.05) is 27.9 Å². The number of methoxy groups -OCH3 is 3. The van der Waals surface area contributed by atoms with Crippen molar-refractivity contribution in [2.45, 2.75) is 18.1 Å². The summed E-state index contributed by atoms with van der Waals surface area (Å²) in [6.45, 7) is 0.551. The number of hydrogen-bond donors (Lipinski definition) is 2. The van der Waals surface area contributed by atoms with Crippen LogP contribution in [-0.4, -0.2) is 49.0 Å². The second-order valence-corrected chi connectivity index (χ2v) is 4.21. The van der Waals surface area contributed by atoms with Gasteiger partial charge in [-0.15, -0.1) is 0 Å². The minimum atomic E-state index is -0.952. The topological polar surface area (TPSA) is 82.8 Å². The summed E-state index contributed by atoms with van der Waals surface area (Å²) < 4.78 is 15.4. The van der Waals surface area contributed by atoms with E-state index < -0.39 is 11.6 Å². The highest BCUT2D eigenvalue weighted by molar-refractivity contribution is 6.38. The number of hydrogen-bond acceptors (Lipinski definition) is 4. The third-order valence-electron chi connectivity index (χ3n) is 1.80. The van der Waals surface area contributed by atoms with Gasteiger partial charge in [-0.3, -0.25) is 0 Å². The number of carbonyl (C=O) groups is 1. The average molecular weight is 234 g/mol. The van der Waals surface area contributed by atoms with Crippen molar-refractivity contribution in [2.75, 3.05) is 27.9 Å². The number of amides is 2. The standard InChI is InChI=1S/C8H18N2O4Si/c1-12-8(13-2,14-3)15-6-4-5-10-7(9)11/h4-6H2,1-3H3,(H3,9,10,11). The molecule has 88 valence electrons. The first-order valence-electron chi connectivity index (χ1n) is 4.54. The summed E-state index contributed by atoms with van der Waals surface area (Å²) >= 11 is 0. The molecule has 0 aliphatic carbocycles. The van der Waals surface area contributed by atoms with Crippen molar-refractivity contribution in [3.63, 3.8) is 0 Å². The van der Waals surface area contributed by atoms with Gasteiger partial charge in [0.25, 0.3) is 5.60 Å². The van der Waals surface area contributed by atoms with E-state index >= 15 is 0 Å². The lowest BCUT2D eigenvalue weighted by Crippen LogP contribution is -2.42.